The molecule has 25 heavy (non-hydrogen) atoms. The van der Waals surface area contributed by atoms with Crippen molar-refractivity contribution < 1.29 is 8.94 Å². The molecule has 130 valence electrons. The summed E-state index contributed by atoms with van der Waals surface area (Å²) in [5, 5.41) is 10.9. The number of hydrogen-bond donors (Lipinski definition) is 2. The molecule has 1 aliphatic heterocycles. The Morgan fingerprint density at radius 2 is 2.08 bits per heavy atom. The molecule has 0 amide bonds. The van der Waals surface area contributed by atoms with E-state index in [-0.39, 0.29) is 0 Å². The normalized spacial score (nSPS) is 14.2. The Bertz CT molecular complexity index is 850. The van der Waals surface area contributed by atoms with E-state index in [4.69, 9.17) is 18.9 Å². The lowest BCUT2D eigenvalue weighted by Crippen LogP contribution is -2.16. The van der Waals surface area contributed by atoms with Gasteiger partial charge in [0.05, 0.1) is 17.7 Å². The van der Waals surface area contributed by atoms with E-state index in [1.54, 1.807) is 6.26 Å². The Balaban J connectivity index is 1.70. The molecular weight excluding hydrogens is 318 g/mol. The van der Waals surface area contributed by atoms with Crippen LogP contribution in [0.2, 0.25) is 0 Å². The molecule has 1 aliphatic rings. The summed E-state index contributed by atoms with van der Waals surface area (Å²) in [6.45, 7) is 6.35. The minimum Gasteiger partial charge on any atom is -0.461 e. The van der Waals surface area contributed by atoms with Gasteiger partial charge in [0, 0.05) is 30.6 Å². The van der Waals surface area contributed by atoms with Crippen molar-refractivity contribution in [2.75, 3.05) is 18.4 Å². The van der Waals surface area contributed by atoms with E-state index < -0.39 is 0 Å². The van der Waals surface area contributed by atoms with Crippen molar-refractivity contribution in [3.05, 3.63) is 46.7 Å². The van der Waals surface area contributed by atoms with Crippen LogP contribution in [0.5, 0.6) is 0 Å². The van der Waals surface area contributed by atoms with E-state index >= 15 is 0 Å². The van der Waals surface area contributed by atoms with Gasteiger partial charge in [0.1, 0.15) is 11.6 Å². The number of nitrogens with zero attached hydrogens (tertiary/aromatic N) is 3. The fourth-order valence-corrected chi connectivity index (χ4v) is 3.13. The van der Waals surface area contributed by atoms with E-state index in [0.29, 0.717) is 18.1 Å². The summed E-state index contributed by atoms with van der Waals surface area (Å²) in [7, 11) is 0. The highest BCUT2D eigenvalue weighted by molar-refractivity contribution is 5.56. The second kappa shape index (κ2) is 6.68. The molecule has 3 aromatic rings. The van der Waals surface area contributed by atoms with Crippen LogP contribution in [0.4, 0.5) is 5.82 Å². The molecule has 7 heteroatoms. The summed E-state index contributed by atoms with van der Waals surface area (Å²) in [5.74, 6) is 2.99. The minimum atomic E-state index is 0.618. The summed E-state index contributed by atoms with van der Waals surface area (Å²) >= 11 is 0. The number of rotatable bonds is 4. The summed E-state index contributed by atoms with van der Waals surface area (Å²) in [6, 6.07) is 3.73. The summed E-state index contributed by atoms with van der Waals surface area (Å²) < 4.78 is 10.7. The van der Waals surface area contributed by atoms with Gasteiger partial charge in [-0.05, 0) is 38.9 Å². The maximum absolute atomic E-state index is 5.49. The van der Waals surface area contributed by atoms with E-state index in [9.17, 15) is 0 Å². The highest BCUT2D eigenvalue weighted by atomic mass is 16.5. The maximum Gasteiger partial charge on any atom is 0.197 e. The van der Waals surface area contributed by atoms with Gasteiger partial charge in [0.2, 0.25) is 0 Å². The lowest BCUT2D eigenvalue weighted by molar-refractivity contribution is 0.392. The Labute approximate surface area is 145 Å². The van der Waals surface area contributed by atoms with Gasteiger partial charge in [-0.1, -0.05) is 5.16 Å². The fourth-order valence-electron chi connectivity index (χ4n) is 3.13. The van der Waals surface area contributed by atoms with Gasteiger partial charge >= 0.3 is 0 Å². The molecule has 0 unspecified atom stereocenters. The highest BCUT2D eigenvalue weighted by Gasteiger charge is 2.19. The molecule has 0 radical (unpaired) electrons. The van der Waals surface area contributed by atoms with Crippen molar-refractivity contribution in [3.8, 4) is 11.6 Å². The van der Waals surface area contributed by atoms with Gasteiger partial charge in [-0.25, -0.2) is 9.97 Å². The molecule has 0 aliphatic carbocycles. The zero-order valence-corrected chi connectivity index (χ0v) is 14.4. The van der Waals surface area contributed by atoms with E-state index in [1.165, 1.54) is 5.56 Å². The average molecular weight is 339 g/mol. The molecule has 0 aromatic carbocycles. The lowest BCUT2D eigenvalue weighted by Gasteiger charge is -2.14. The number of hydrogen-bond acceptors (Lipinski definition) is 7. The number of aromatic nitrogens is 3. The Morgan fingerprint density at radius 1 is 1.20 bits per heavy atom. The smallest absolute Gasteiger partial charge is 0.197 e. The first-order chi connectivity index (χ1) is 12.2. The summed E-state index contributed by atoms with van der Waals surface area (Å²) in [5.41, 5.74) is 4.22. The topological polar surface area (TPSA) is 89.0 Å². The maximum atomic E-state index is 5.49. The lowest BCUT2D eigenvalue weighted by atomic mass is 10.1. The SMILES string of the molecule is Cc1noc(C)c1CNc1nc(-c2ccco2)nc2c1CCNCC2. The first kappa shape index (κ1) is 15.8. The number of furan rings is 1. The van der Waals surface area contributed by atoms with Crippen LogP contribution in [0.3, 0.4) is 0 Å². The molecule has 7 nitrogen and oxygen atoms in total. The Hall–Kier alpha value is -2.67. The van der Waals surface area contributed by atoms with Crippen LogP contribution < -0.4 is 10.6 Å². The van der Waals surface area contributed by atoms with Crippen molar-refractivity contribution in [1.29, 1.82) is 0 Å². The second-order valence-corrected chi connectivity index (χ2v) is 6.20. The van der Waals surface area contributed by atoms with Gasteiger partial charge in [0.15, 0.2) is 11.6 Å². The molecule has 0 saturated carbocycles. The first-order valence-corrected chi connectivity index (χ1v) is 8.52. The zero-order valence-electron chi connectivity index (χ0n) is 14.4. The van der Waals surface area contributed by atoms with Gasteiger partial charge in [-0.3, -0.25) is 0 Å². The van der Waals surface area contributed by atoms with Gasteiger partial charge < -0.3 is 19.6 Å². The molecular formula is C18H21N5O2. The molecule has 0 bridgehead atoms. The van der Waals surface area contributed by atoms with Gasteiger partial charge in [0.25, 0.3) is 0 Å². The number of aryl methyl sites for hydroxylation is 2. The van der Waals surface area contributed by atoms with Crippen LogP contribution in [0.1, 0.15) is 28.3 Å². The third-order valence-electron chi connectivity index (χ3n) is 4.54. The number of fused-ring (bicyclic) bond motifs is 1. The minimum absolute atomic E-state index is 0.618. The average Bonchev–Trinajstić information content (AvgIpc) is 3.18. The number of nitrogens with one attached hydrogen (secondary N) is 2. The van der Waals surface area contributed by atoms with Crippen LogP contribution in [0.15, 0.2) is 27.3 Å². The molecule has 4 rings (SSSR count). The molecule has 0 fully saturated rings. The van der Waals surface area contributed by atoms with Crippen LogP contribution in [-0.2, 0) is 19.4 Å². The van der Waals surface area contributed by atoms with Crippen LogP contribution >= 0.6 is 0 Å². The van der Waals surface area contributed by atoms with E-state index in [1.807, 2.05) is 26.0 Å². The quantitative estimate of drug-likeness (QED) is 0.755. The summed E-state index contributed by atoms with van der Waals surface area (Å²) in [4.78, 5) is 9.47. The van der Waals surface area contributed by atoms with Crippen molar-refractivity contribution in [2.45, 2.75) is 33.2 Å². The van der Waals surface area contributed by atoms with Crippen molar-refractivity contribution in [1.82, 2.24) is 20.4 Å². The third-order valence-corrected chi connectivity index (χ3v) is 4.54. The molecule has 2 N–H and O–H groups in total. The molecule has 0 atom stereocenters. The van der Waals surface area contributed by atoms with Crippen molar-refractivity contribution >= 4 is 5.82 Å². The molecule has 3 aromatic heterocycles. The zero-order chi connectivity index (χ0) is 17.2. The van der Waals surface area contributed by atoms with Gasteiger partial charge in [-0.15, -0.1) is 0 Å². The monoisotopic (exact) mass is 339 g/mol. The second-order valence-electron chi connectivity index (χ2n) is 6.20. The molecule has 0 spiro atoms. The summed E-state index contributed by atoms with van der Waals surface area (Å²) in [6.07, 6.45) is 3.42. The highest BCUT2D eigenvalue weighted by Crippen LogP contribution is 2.25. The third kappa shape index (κ3) is 3.15. The van der Waals surface area contributed by atoms with Crippen LogP contribution in [-0.4, -0.2) is 28.2 Å². The first-order valence-electron chi connectivity index (χ1n) is 8.52. The van der Waals surface area contributed by atoms with Crippen LogP contribution in [0.25, 0.3) is 11.6 Å². The largest absolute Gasteiger partial charge is 0.461 e. The van der Waals surface area contributed by atoms with Gasteiger partial charge in [-0.2, -0.15) is 0 Å². The van der Waals surface area contributed by atoms with E-state index in [2.05, 4.69) is 15.8 Å². The standard InChI is InChI=1S/C18H21N5O2/c1-11-14(12(2)25-23-11)10-20-17-13-5-7-19-8-6-15(13)21-18(22-17)16-4-3-9-24-16/h3-4,9,19H,5-8,10H2,1-2H3,(H,20,21,22). The molecule has 4 heterocycles. The van der Waals surface area contributed by atoms with Crippen molar-refractivity contribution in [2.24, 2.45) is 0 Å². The Morgan fingerprint density at radius 3 is 2.84 bits per heavy atom. The van der Waals surface area contributed by atoms with Crippen LogP contribution in [0, 0.1) is 13.8 Å². The predicted molar refractivity (Wildman–Crippen MR) is 93.3 cm³/mol. The fraction of sp³-hybridized carbons (Fsp3) is 0.389. The molecule has 0 saturated heterocycles. The van der Waals surface area contributed by atoms with Crippen molar-refractivity contribution in [3.63, 3.8) is 0 Å². The van der Waals surface area contributed by atoms with E-state index in [0.717, 1.165) is 54.5 Å². The Kier molecular flexibility index (Phi) is 4.23. The number of anilines is 1. The predicted octanol–water partition coefficient (Wildman–Crippen LogP) is 2.64.